The number of benzene rings is 1. The zero-order chi connectivity index (χ0) is 17.9. The first-order valence-corrected chi connectivity index (χ1v) is 7.69. The molecule has 0 bridgehead atoms. The van der Waals surface area contributed by atoms with Gasteiger partial charge < -0.3 is 19.5 Å². The molecule has 0 heterocycles. The molecular weight excluding hydrogens is 376 g/mol. The predicted octanol–water partition coefficient (Wildman–Crippen LogP) is 2.14. The molecule has 0 unspecified atom stereocenters. The van der Waals surface area contributed by atoms with Crippen molar-refractivity contribution in [2.75, 3.05) is 34.0 Å². The van der Waals surface area contributed by atoms with Crippen LogP contribution >= 0.6 is 15.9 Å². The molecule has 24 heavy (non-hydrogen) atoms. The first kappa shape index (κ1) is 19.6. The lowest BCUT2D eigenvalue weighted by Crippen LogP contribution is -2.27. The monoisotopic (exact) mass is 392 g/mol. The van der Waals surface area contributed by atoms with E-state index in [-0.39, 0.29) is 12.2 Å². The summed E-state index contributed by atoms with van der Waals surface area (Å²) in [5.41, 5.74) is 0.572. The highest BCUT2D eigenvalue weighted by Gasteiger charge is 2.13. The topological polar surface area (TPSA) is 80.6 Å². The zero-order valence-electron chi connectivity index (χ0n) is 13.4. The summed E-state index contributed by atoms with van der Waals surface area (Å²) in [5, 5.41) is 11.8. The number of nitriles is 1. The molecule has 0 aromatic heterocycles. The summed E-state index contributed by atoms with van der Waals surface area (Å²) in [5.74, 6) is 2.79. The smallest absolute Gasteiger partial charge is 0.262 e. The van der Waals surface area contributed by atoms with E-state index in [0.29, 0.717) is 34.7 Å². The van der Waals surface area contributed by atoms with Crippen molar-refractivity contribution in [3.8, 4) is 29.9 Å². The normalized spacial score (nSPS) is 10.5. The largest absolute Gasteiger partial charge is 0.493 e. The Morgan fingerprint density at radius 3 is 2.79 bits per heavy atom. The van der Waals surface area contributed by atoms with Gasteiger partial charge in [-0.25, -0.2) is 0 Å². The van der Waals surface area contributed by atoms with Gasteiger partial charge in [0.2, 0.25) is 0 Å². The maximum Gasteiger partial charge on any atom is 0.262 e. The zero-order valence-corrected chi connectivity index (χ0v) is 15.0. The number of hydrogen-bond acceptors (Lipinski definition) is 5. The Bertz CT molecular complexity index is 702. The van der Waals surface area contributed by atoms with E-state index in [9.17, 15) is 10.1 Å². The van der Waals surface area contributed by atoms with Crippen LogP contribution in [0.15, 0.2) is 22.2 Å². The fourth-order valence-corrected chi connectivity index (χ4v) is 2.33. The highest BCUT2D eigenvalue weighted by Crippen LogP contribution is 2.37. The maximum absolute atomic E-state index is 12.0. The molecule has 0 spiro atoms. The molecule has 0 saturated carbocycles. The van der Waals surface area contributed by atoms with E-state index in [1.54, 1.807) is 12.1 Å². The summed E-state index contributed by atoms with van der Waals surface area (Å²) < 4.78 is 16.1. The fraction of sp³-hybridized carbons (Fsp3) is 0.294. The van der Waals surface area contributed by atoms with Crippen molar-refractivity contribution < 1.29 is 19.0 Å². The second-order valence-electron chi connectivity index (χ2n) is 4.45. The van der Waals surface area contributed by atoms with Crippen molar-refractivity contribution in [1.82, 2.24) is 5.32 Å². The highest BCUT2D eigenvalue weighted by molar-refractivity contribution is 9.10. The van der Waals surface area contributed by atoms with Gasteiger partial charge in [-0.2, -0.15) is 5.26 Å². The minimum atomic E-state index is -0.475. The SMILES string of the molecule is C#CCOc1c(Br)cc(/C=C(\C#N)C(=O)NCCOC)cc1OC. The number of carbonyl (C=O) groups is 1. The van der Waals surface area contributed by atoms with E-state index < -0.39 is 5.91 Å². The molecule has 0 radical (unpaired) electrons. The Balaban J connectivity index is 3.08. The van der Waals surface area contributed by atoms with Crippen LogP contribution in [0.4, 0.5) is 0 Å². The Morgan fingerprint density at radius 2 is 2.21 bits per heavy atom. The number of carbonyl (C=O) groups excluding carboxylic acids is 1. The van der Waals surface area contributed by atoms with Crippen LogP contribution in [0.5, 0.6) is 11.5 Å². The molecule has 1 aromatic rings. The van der Waals surface area contributed by atoms with E-state index in [2.05, 4.69) is 27.2 Å². The number of amides is 1. The summed E-state index contributed by atoms with van der Waals surface area (Å²) in [6.45, 7) is 0.779. The first-order chi connectivity index (χ1) is 11.6. The Labute approximate surface area is 149 Å². The van der Waals surface area contributed by atoms with Gasteiger partial charge >= 0.3 is 0 Å². The number of ether oxygens (including phenoxy) is 3. The van der Waals surface area contributed by atoms with Crippen LogP contribution in [-0.2, 0) is 9.53 Å². The number of hydrogen-bond donors (Lipinski definition) is 1. The molecule has 6 nitrogen and oxygen atoms in total. The summed E-state index contributed by atoms with van der Waals surface area (Å²) in [7, 11) is 3.02. The lowest BCUT2D eigenvalue weighted by Gasteiger charge is -2.12. The van der Waals surface area contributed by atoms with Crippen molar-refractivity contribution in [2.45, 2.75) is 0 Å². The molecule has 1 rings (SSSR count). The molecule has 0 aliphatic carbocycles. The molecule has 0 atom stereocenters. The molecule has 1 N–H and O–H groups in total. The molecule has 0 saturated heterocycles. The van der Waals surface area contributed by atoms with Crippen LogP contribution in [0.3, 0.4) is 0 Å². The van der Waals surface area contributed by atoms with Gasteiger partial charge in [0.25, 0.3) is 5.91 Å². The van der Waals surface area contributed by atoms with Crippen LogP contribution in [0, 0.1) is 23.7 Å². The van der Waals surface area contributed by atoms with Crippen LogP contribution in [0.25, 0.3) is 6.08 Å². The quantitative estimate of drug-likeness (QED) is 0.317. The summed E-state index contributed by atoms with van der Waals surface area (Å²) in [6, 6.07) is 5.23. The first-order valence-electron chi connectivity index (χ1n) is 6.90. The Hall–Kier alpha value is -2.48. The van der Waals surface area contributed by atoms with E-state index in [4.69, 9.17) is 20.6 Å². The predicted molar refractivity (Wildman–Crippen MR) is 93.5 cm³/mol. The van der Waals surface area contributed by atoms with E-state index in [0.717, 1.165) is 0 Å². The van der Waals surface area contributed by atoms with Gasteiger partial charge in [-0.1, -0.05) is 5.92 Å². The second kappa shape index (κ2) is 10.3. The summed E-state index contributed by atoms with van der Waals surface area (Å²) >= 11 is 3.37. The lowest BCUT2D eigenvalue weighted by molar-refractivity contribution is -0.117. The number of halogens is 1. The van der Waals surface area contributed by atoms with E-state index in [1.165, 1.54) is 20.3 Å². The number of nitrogens with zero attached hydrogens (tertiary/aromatic N) is 1. The molecular formula is C17H17BrN2O4. The maximum atomic E-state index is 12.0. The molecule has 7 heteroatoms. The van der Waals surface area contributed by atoms with Gasteiger partial charge in [-0.05, 0) is 39.7 Å². The Morgan fingerprint density at radius 1 is 1.46 bits per heavy atom. The minimum Gasteiger partial charge on any atom is -0.493 e. The van der Waals surface area contributed by atoms with Gasteiger partial charge in [0.05, 0.1) is 18.2 Å². The van der Waals surface area contributed by atoms with Crippen molar-refractivity contribution in [2.24, 2.45) is 0 Å². The molecule has 0 aliphatic rings. The van der Waals surface area contributed by atoms with Crippen molar-refractivity contribution in [3.63, 3.8) is 0 Å². The molecule has 126 valence electrons. The average molecular weight is 393 g/mol. The number of terminal acetylenes is 1. The minimum absolute atomic E-state index is 0.0302. The van der Waals surface area contributed by atoms with Crippen molar-refractivity contribution in [1.29, 1.82) is 5.26 Å². The molecule has 0 fully saturated rings. The fourth-order valence-electron chi connectivity index (χ4n) is 1.75. The third-order valence-corrected chi connectivity index (χ3v) is 3.41. The van der Waals surface area contributed by atoms with Gasteiger partial charge in [0.1, 0.15) is 18.2 Å². The van der Waals surface area contributed by atoms with Crippen LogP contribution in [-0.4, -0.2) is 39.9 Å². The standard InChI is InChI=1S/C17H17BrN2O4/c1-4-6-24-16-14(18)9-12(10-15(16)23-3)8-13(11-19)17(21)20-5-7-22-2/h1,8-10H,5-7H2,2-3H3,(H,20,21)/b13-8+. The van der Waals surface area contributed by atoms with Gasteiger partial charge in [-0.3, -0.25) is 4.79 Å². The number of methoxy groups -OCH3 is 2. The highest BCUT2D eigenvalue weighted by atomic mass is 79.9. The van der Waals surface area contributed by atoms with Crippen molar-refractivity contribution >= 4 is 27.9 Å². The lowest BCUT2D eigenvalue weighted by atomic mass is 10.1. The Kier molecular flexibility index (Phi) is 8.42. The number of rotatable bonds is 8. The van der Waals surface area contributed by atoms with Gasteiger partial charge in [0, 0.05) is 13.7 Å². The third-order valence-electron chi connectivity index (χ3n) is 2.82. The van der Waals surface area contributed by atoms with Crippen LogP contribution in [0.2, 0.25) is 0 Å². The third kappa shape index (κ3) is 5.62. The molecule has 0 aliphatic heterocycles. The number of nitrogens with one attached hydrogen (secondary N) is 1. The second-order valence-corrected chi connectivity index (χ2v) is 5.30. The van der Waals surface area contributed by atoms with E-state index in [1.807, 2.05) is 6.07 Å². The average Bonchev–Trinajstić information content (AvgIpc) is 2.58. The van der Waals surface area contributed by atoms with Crippen LogP contribution < -0.4 is 14.8 Å². The molecule has 1 amide bonds. The van der Waals surface area contributed by atoms with Crippen molar-refractivity contribution in [3.05, 3.63) is 27.7 Å². The summed E-state index contributed by atoms with van der Waals surface area (Å²) in [6.07, 6.45) is 6.64. The van der Waals surface area contributed by atoms with Gasteiger partial charge in [0.15, 0.2) is 11.5 Å². The van der Waals surface area contributed by atoms with Crippen LogP contribution in [0.1, 0.15) is 5.56 Å². The molecule has 1 aromatic carbocycles. The van der Waals surface area contributed by atoms with E-state index >= 15 is 0 Å². The van der Waals surface area contributed by atoms with Gasteiger partial charge in [-0.15, -0.1) is 6.42 Å². The summed E-state index contributed by atoms with van der Waals surface area (Å²) in [4.78, 5) is 12.0.